The fourth-order valence-electron chi connectivity index (χ4n) is 1.86. The van der Waals surface area contributed by atoms with Crippen molar-refractivity contribution < 1.29 is 0 Å². The quantitative estimate of drug-likeness (QED) is 0.645. The topological polar surface area (TPSA) is 53.6 Å². The summed E-state index contributed by atoms with van der Waals surface area (Å²) in [5.41, 5.74) is 0.501. The predicted octanol–water partition coefficient (Wildman–Crippen LogP) is 2.38. The Morgan fingerprint density at radius 2 is 1.76 bits per heavy atom. The zero-order chi connectivity index (χ0) is 11.8. The molecule has 0 aliphatic rings. The molecule has 0 unspecified atom stereocenters. The van der Waals surface area contributed by atoms with Gasteiger partial charge in [-0.05, 0) is 35.1 Å². The minimum absolute atomic E-state index is 0.259. The molecule has 0 radical (unpaired) electrons. The molecule has 3 aromatic rings. The van der Waals surface area contributed by atoms with Crippen molar-refractivity contribution in [3.8, 4) is 5.69 Å². The summed E-state index contributed by atoms with van der Waals surface area (Å²) in [7, 11) is 0. The van der Waals surface area contributed by atoms with Crippen LogP contribution in [-0.4, -0.2) is 14.8 Å². The van der Waals surface area contributed by atoms with Crippen LogP contribution in [0.3, 0.4) is 0 Å². The Balaban J connectivity index is 2.32. The van der Waals surface area contributed by atoms with Gasteiger partial charge >= 0.3 is 5.69 Å². The molecular weight excluding hydrogens is 234 g/mol. The van der Waals surface area contributed by atoms with E-state index in [2.05, 4.69) is 10.2 Å². The van der Waals surface area contributed by atoms with Gasteiger partial charge in [-0.15, -0.1) is 0 Å². The molecule has 1 heterocycles. The molecule has 0 aliphatic carbocycles. The monoisotopic (exact) mass is 243 g/mol. The maximum Gasteiger partial charge on any atom is 0.347 e. The molecule has 3 rings (SSSR count). The minimum Gasteiger partial charge on any atom is -0.272 e. The van der Waals surface area contributed by atoms with Crippen molar-refractivity contribution in [2.24, 2.45) is 0 Å². The van der Waals surface area contributed by atoms with E-state index in [4.69, 9.17) is 12.2 Å². The summed E-state index contributed by atoms with van der Waals surface area (Å²) in [5.74, 6) is 0. The van der Waals surface area contributed by atoms with Crippen molar-refractivity contribution in [2.75, 3.05) is 0 Å². The molecule has 17 heavy (non-hydrogen) atoms. The smallest absolute Gasteiger partial charge is 0.272 e. The average Bonchev–Trinajstić information content (AvgIpc) is 2.68. The van der Waals surface area contributed by atoms with Crippen LogP contribution in [0.25, 0.3) is 16.5 Å². The lowest BCUT2D eigenvalue weighted by atomic mass is 10.1. The van der Waals surface area contributed by atoms with Crippen LogP contribution in [0.2, 0.25) is 0 Å². The Hall–Kier alpha value is -2.14. The molecule has 0 spiro atoms. The lowest BCUT2D eigenvalue weighted by Crippen LogP contribution is -2.14. The van der Waals surface area contributed by atoms with Gasteiger partial charge in [0.05, 0.1) is 5.69 Å². The lowest BCUT2D eigenvalue weighted by molar-refractivity contribution is 0.977. The molecule has 4 nitrogen and oxygen atoms in total. The molecule has 0 bridgehead atoms. The third-order valence-corrected chi connectivity index (χ3v) is 2.96. The fraction of sp³-hybridized carbons (Fsp3) is 0. The van der Waals surface area contributed by atoms with Crippen LogP contribution in [0, 0.1) is 4.77 Å². The largest absolute Gasteiger partial charge is 0.347 e. The highest BCUT2D eigenvalue weighted by Gasteiger charge is 2.03. The number of hydrogen-bond acceptors (Lipinski definition) is 2. The fourth-order valence-corrected chi connectivity index (χ4v) is 2.10. The summed E-state index contributed by atoms with van der Waals surface area (Å²) >= 11 is 5.05. The molecule has 0 fully saturated rings. The number of aromatic amines is 2. The van der Waals surface area contributed by atoms with Gasteiger partial charge in [-0.2, -0.15) is 0 Å². The van der Waals surface area contributed by atoms with Crippen molar-refractivity contribution in [3.05, 3.63) is 57.7 Å². The second kappa shape index (κ2) is 3.71. The first-order valence-electron chi connectivity index (χ1n) is 5.14. The Kier molecular flexibility index (Phi) is 2.19. The first-order valence-corrected chi connectivity index (χ1v) is 5.55. The van der Waals surface area contributed by atoms with Crippen molar-refractivity contribution in [1.29, 1.82) is 0 Å². The number of rotatable bonds is 1. The van der Waals surface area contributed by atoms with Gasteiger partial charge in [0.25, 0.3) is 0 Å². The Labute approximate surface area is 102 Å². The highest BCUT2D eigenvalue weighted by molar-refractivity contribution is 7.71. The van der Waals surface area contributed by atoms with Crippen LogP contribution in [-0.2, 0) is 0 Å². The van der Waals surface area contributed by atoms with Gasteiger partial charge in [0.1, 0.15) is 0 Å². The average molecular weight is 243 g/mol. The van der Waals surface area contributed by atoms with E-state index in [1.807, 2.05) is 42.5 Å². The van der Waals surface area contributed by atoms with E-state index in [1.165, 1.54) is 4.57 Å². The molecule has 0 amide bonds. The first kappa shape index (κ1) is 10.0. The van der Waals surface area contributed by atoms with Crippen LogP contribution in [0.1, 0.15) is 0 Å². The highest BCUT2D eigenvalue weighted by atomic mass is 32.1. The summed E-state index contributed by atoms with van der Waals surface area (Å²) in [5, 5.41) is 7.30. The summed E-state index contributed by atoms with van der Waals surface area (Å²) in [6, 6.07) is 13.8. The van der Waals surface area contributed by atoms with E-state index in [9.17, 15) is 4.79 Å². The molecule has 0 saturated heterocycles. The van der Waals surface area contributed by atoms with Crippen LogP contribution in [0.5, 0.6) is 0 Å². The predicted molar refractivity (Wildman–Crippen MR) is 69.1 cm³/mol. The van der Waals surface area contributed by atoms with Gasteiger partial charge in [0, 0.05) is 0 Å². The zero-order valence-corrected chi connectivity index (χ0v) is 9.62. The van der Waals surface area contributed by atoms with Crippen molar-refractivity contribution >= 4 is 23.0 Å². The number of aromatic nitrogens is 3. The SMILES string of the molecule is O=c1[nH][nH]c(=S)n1-c1ccc2ccccc2c1. The second-order valence-corrected chi connectivity index (χ2v) is 4.11. The first-order chi connectivity index (χ1) is 8.25. The van der Waals surface area contributed by atoms with Gasteiger partial charge in [0.15, 0.2) is 0 Å². The highest BCUT2D eigenvalue weighted by Crippen LogP contribution is 2.17. The van der Waals surface area contributed by atoms with Gasteiger partial charge in [-0.1, -0.05) is 30.3 Å². The van der Waals surface area contributed by atoms with E-state index in [0.29, 0.717) is 4.77 Å². The van der Waals surface area contributed by atoms with E-state index >= 15 is 0 Å². The van der Waals surface area contributed by atoms with Crippen LogP contribution >= 0.6 is 12.2 Å². The maximum atomic E-state index is 11.6. The molecule has 5 heteroatoms. The van der Waals surface area contributed by atoms with Crippen LogP contribution in [0.4, 0.5) is 0 Å². The lowest BCUT2D eigenvalue weighted by Gasteiger charge is -2.02. The maximum absolute atomic E-state index is 11.6. The normalized spacial score (nSPS) is 10.8. The number of benzene rings is 2. The van der Waals surface area contributed by atoms with Crippen molar-refractivity contribution in [1.82, 2.24) is 14.8 Å². The van der Waals surface area contributed by atoms with E-state index < -0.39 is 0 Å². The standard InChI is InChI=1S/C12H9N3OS/c16-11-13-14-12(17)15(11)10-6-5-8-3-1-2-4-9(8)7-10/h1-7H,(H,13,16)(H,14,17). The minimum atomic E-state index is -0.259. The number of fused-ring (bicyclic) bond motifs is 1. The molecule has 0 atom stereocenters. The molecule has 84 valence electrons. The third-order valence-electron chi connectivity index (χ3n) is 2.67. The van der Waals surface area contributed by atoms with Gasteiger partial charge < -0.3 is 0 Å². The molecule has 2 N–H and O–H groups in total. The number of nitrogens with one attached hydrogen (secondary N) is 2. The van der Waals surface area contributed by atoms with Gasteiger partial charge in [-0.3, -0.25) is 5.10 Å². The summed E-state index contributed by atoms with van der Waals surface area (Å²) in [6.45, 7) is 0. The van der Waals surface area contributed by atoms with Crippen LogP contribution in [0.15, 0.2) is 47.3 Å². The Bertz CT molecular complexity index is 769. The zero-order valence-electron chi connectivity index (χ0n) is 8.81. The number of hydrogen-bond donors (Lipinski definition) is 2. The molecule has 2 aromatic carbocycles. The molecule has 0 aliphatic heterocycles. The van der Waals surface area contributed by atoms with Crippen LogP contribution < -0.4 is 5.69 Å². The summed E-state index contributed by atoms with van der Waals surface area (Å²) in [4.78, 5) is 11.6. The Morgan fingerprint density at radius 3 is 2.47 bits per heavy atom. The van der Waals surface area contributed by atoms with Gasteiger partial charge in [0.2, 0.25) is 4.77 Å². The third kappa shape index (κ3) is 1.60. The Morgan fingerprint density at radius 1 is 1.00 bits per heavy atom. The summed E-state index contributed by atoms with van der Waals surface area (Å²) in [6.07, 6.45) is 0. The van der Waals surface area contributed by atoms with Crippen molar-refractivity contribution in [3.63, 3.8) is 0 Å². The second-order valence-electron chi connectivity index (χ2n) is 3.73. The van der Waals surface area contributed by atoms with Gasteiger partial charge in [-0.25, -0.2) is 14.5 Å². The van der Waals surface area contributed by atoms with E-state index in [1.54, 1.807) is 0 Å². The molecule has 0 saturated carbocycles. The number of nitrogens with zero attached hydrogens (tertiary/aromatic N) is 1. The molecular formula is C12H9N3OS. The van der Waals surface area contributed by atoms with E-state index in [-0.39, 0.29) is 5.69 Å². The van der Waals surface area contributed by atoms with E-state index in [0.717, 1.165) is 16.5 Å². The summed E-state index contributed by atoms with van der Waals surface area (Å²) < 4.78 is 1.80. The van der Waals surface area contributed by atoms with Crippen molar-refractivity contribution in [2.45, 2.75) is 0 Å². The molecule has 1 aromatic heterocycles. The number of H-pyrrole nitrogens is 2.